The van der Waals surface area contributed by atoms with E-state index in [1.165, 1.54) is 18.4 Å². The van der Waals surface area contributed by atoms with Crippen molar-refractivity contribution in [1.29, 1.82) is 0 Å². The highest BCUT2D eigenvalue weighted by Crippen LogP contribution is 2.40. The summed E-state index contributed by atoms with van der Waals surface area (Å²) in [6.45, 7) is 1.87. The van der Waals surface area contributed by atoms with Crippen LogP contribution in [0.3, 0.4) is 0 Å². The number of anilines is 1. The normalized spacial score (nSPS) is 17.2. The van der Waals surface area contributed by atoms with E-state index in [0.29, 0.717) is 5.92 Å². The van der Waals surface area contributed by atoms with Crippen LogP contribution < -0.4 is 5.32 Å². The van der Waals surface area contributed by atoms with E-state index in [1.54, 1.807) is 0 Å². The summed E-state index contributed by atoms with van der Waals surface area (Å²) in [5.74, 6) is 0.397. The van der Waals surface area contributed by atoms with Crippen molar-refractivity contribution in [2.75, 3.05) is 19.4 Å². The molecule has 1 unspecified atom stereocenters. The average Bonchev–Trinajstić information content (AvgIpc) is 3.14. The fraction of sp³-hybridized carbons (Fsp3) is 0.636. The van der Waals surface area contributed by atoms with E-state index in [2.05, 4.69) is 5.32 Å². The summed E-state index contributed by atoms with van der Waals surface area (Å²) in [5.41, 5.74) is -0.205. The molecule has 1 saturated carbocycles. The molecule has 20 heavy (non-hydrogen) atoms. The van der Waals surface area contributed by atoms with Crippen LogP contribution in [-0.4, -0.2) is 37.8 Å². The standard InChI is InChI=1S/C11H17N3O4S2/c1-7(8-4-5-8)13(3)20(17,18)10-6-9(14(15)16)11(12-2)19-10/h6-8,12H,4-5H2,1-3H3. The lowest BCUT2D eigenvalue weighted by Crippen LogP contribution is -2.36. The zero-order valence-electron chi connectivity index (χ0n) is 11.5. The minimum atomic E-state index is -3.68. The highest BCUT2D eigenvalue weighted by atomic mass is 32.2. The highest BCUT2D eigenvalue weighted by molar-refractivity contribution is 7.91. The number of nitrogens with zero attached hydrogens (tertiary/aromatic N) is 2. The molecule has 1 fully saturated rings. The van der Waals surface area contributed by atoms with Crippen molar-refractivity contribution in [2.45, 2.75) is 30.0 Å². The summed E-state index contributed by atoms with van der Waals surface area (Å²) >= 11 is 0.890. The third-order valence-corrected chi connectivity index (χ3v) is 7.16. The minimum Gasteiger partial charge on any atom is -0.374 e. The van der Waals surface area contributed by atoms with Gasteiger partial charge in [0.1, 0.15) is 4.21 Å². The van der Waals surface area contributed by atoms with Crippen LogP contribution in [0, 0.1) is 16.0 Å². The SMILES string of the molecule is CNc1sc(S(=O)(=O)N(C)C(C)C2CC2)cc1[N+](=O)[O-]. The van der Waals surface area contributed by atoms with Crippen molar-refractivity contribution in [3.63, 3.8) is 0 Å². The maximum atomic E-state index is 12.5. The van der Waals surface area contributed by atoms with Gasteiger partial charge in [0, 0.05) is 26.2 Å². The smallest absolute Gasteiger partial charge is 0.304 e. The number of hydrogen-bond acceptors (Lipinski definition) is 6. The molecule has 112 valence electrons. The van der Waals surface area contributed by atoms with Gasteiger partial charge in [0.05, 0.1) is 4.92 Å². The summed E-state index contributed by atoms with van der Waals surface area (Å²) in [4.78, 5) is 10.3. The molecule has 1 N–H and O–H groups in total. The molecule has 2 rings (SSSR count). The van der Waals surface area contributed by atoms with E-state index < -0.39 is 14.9 Å². The van der Waals surface area contributed by atoms with Crippen molar-refractivity contribution < 1.29 is 13.3 Å². The third-order valence-electron chi connectivity index (χ3n) is 3.62. The van der Waals surface area contributed by atoms with Crippen LogP contribution in [0.15, 0.2) is 10.3 Å². The molecule has 1 aromatic rings. The van der Waals surface area contributed by atoms with Gasteiger partial charge in [-0.3, -0.25) is 10.1 Å². The molecular formula is C11H17N3O4S2. The molecule has 0 saturated heterocycles. The Balaban J connectivity index is 2.36. The maximum absolute atomic E-state index is 12.5. The topological polar surface area (TPSA) is 92.6 Å². The Kier molecular flexibility index (Phi) is 4.03. The van der Waals surface area contributed by atoms with Gasteiger partial charge in [-0.25, -0.2) is 8.42 Å². The van der Waals surface area contributed by atoms with Crippen molar-refractivity contribution in [2.24, 2.45) is 5.92 Å². The molecule has 1 aliphatic carbocycles. The Morgan fingerprint density at radius 1 is 1.55 bits per heavy atom. The lowest BCUT2D eigenvalue weighted by molar-refractivity contribution is -0.383. The van der Waals surface area contributed by atoms with E-state index in [9.17, 15) is 18.5 Å². The van der Waals surface area contributed by atoms with Crippen LogP contribution >= 0.6 is 11.3 Å². The quantitative estimate of drug-likeness (QED) is 0.640. The molecule has 0 amide bonds. The van der Waals surface area contributed by atoms with Gasteiger partial charge in [0.15, 0.2) is 5.00 Å². The lowest BCUT2D eigenvalue weighted by atomic mass is 10.2. The molecule has 1 aliphatic rings. The van der Waals surface area contributed by atoms with Crippen molar-refractivity contribution in [3.8, 4) is 0 Å². The first kappa shape index (κ1) is 15.2. The average molecular weight is 319 g/mol. The molecular weight excluding hydrogens is 302 g/mol. The van der Waals surface area contributed by atoms with Crippen LogP contribution in [0.1, 0.15) is 19.8 Å². The van der Waals surface area contributed by atoms with Crippen molar-refractivity contribution in [3.05, 3.63) is 16.2 Å². The van der Waals surface area contributed by atoms with Gasteiger partial charge in [0.25, 0.3) is 10.0 Å². The Bertz CT molecular complexity index is 622. The zero-order chi connectivity index (χ0) is 15.1. The summed E-state index contributed by atoms with van der Waals surface area (Å²) in [6.07, 6.45) is 2.07. The summed E-state index contributed by atoms with van der Waals surface area (Å²) < 4.78 is 26.3. The van der Waals surface area contributed by atoms with Crippen LogP contribution in [0.4, 0.5) is 10.7 Å². The van der Waals surface area contributed by atoms with Crippen LogP contribution in [0.2, 0.25) is 0 Å². The molecule has 0 radical (unpaired) electrons. The first-order valence-corrected chi connectivity index (χ1v) is 8.48. The lowest BCUT2D eigenvalue weighted by Gasteiger charge is -2.23. The first-order valence-electron chi connectivity index (χ1n) is 6.23. The number of nitrogens with one attached hydrogen (secondary N) is 1. The van der Waals surface area contributed by atoms with Gasteiger partial charge in [-0.05, 0) is 25.7 Å². The Morgan fingerprint density at radius 2 is 2.15 bits per heavy atom. The van der Waals surface area contributed by atoms with Gasteiger partial charge >= 0.3 is 5.69 Å². The first-order chi connectivity index (χ1) is 9.28. The molecule has 0 bridgehead atoms. The minimum absolute atomic E-state index is 0.00329. The van der Waals surface area contributed by atoms with E-state index in [4.69, 9.17) is 0 Å². The molecule has 7 nitrogen and oxygen atoms in total. The Labute approximate surface area is 121 Å². The highest BCUT2D eigenvalue weighted by Gasteiger charge is 2.37. The summed E-state index contributed by atoms with van der Waals surface area (Å²) in [7, 11) is -0.617. The second-order valence-corrected chi connectivity index (χ2v) is 8.16. The van der Waals surface area contributed by atoms with Gasteiger partial charge in [-0.1, -0.05) is 11.3 Å². The molecule has 0 spiro atoms. The number of rotatable bonds is 6. The predicted octanol–water partition coefficient (Wildman–Crippen LogP) is 2.12. The Hall–Kier alpha value is -1.19. The van der Waals surface area contributed by atoms with Crippen molar-refractivity contribution >= 4 is 32.0 Å². The fourth-order valence-corrected chi connectivity index (χ4v) is 4.93. The second kappa shape index (κ2) is 5.30. The molecule has 9 heteroatoms. The molecule has 0 aliphatic heterocycles. The third kappa shape index (κ3) is 2.65. The van der Waals surface area contributed by atoms with Gasteiger partial charge < -0.3 is 5.32 Å². The number of sulfonamides is 1. The monoisotopic (exact) mass is 319 g/mol. The van der Waals surface area contributed by atoms with Gasteiger partial charge in [-0.2, -0.15) is 4.31 Å². The maximum Gasteiger partial charge on any atom is 0.304 e. The molecule has 1 aromatic heterocycles. The van der Waals surface area contributed by atoms with E-state index in [0.717, 1.165) is 30.2 Å². The van der Waals surface area contributed by atoms with Crippen LogP contribution in [-0.2, 0) is 10.0 Å². The molecule has 1 heterocycles. The van der Waals surface area contributed by atoms with E-state index in [1.807, 2.05) is 6.92 Å². The van der Waals surface area contributed by atoms with Gasteiger partial charge in [0.2, 0.25) is 0 Å². The van der Waals surface area contributed by atoms with E-state index >= 15 is 0 Å². The fourth-order valence-electron chi connectivity index (χ4n) is 2.04. The largest absolute Gasteiger partial charge is 0.374 e. The Morgan fingerprint density at radius 3 is 2.55 bits per heavy atom. The van der Waals surface area contributed by atoms with Crippen molar-refractivity contribution in [1.82, 2.24) is 4.31 Å². The predicted molar refractivity (Wildman–Crippen MR) is 77.7 cm³/mol. The zero-order valence-corrected chi connectivity index (χ0v) is 13.1. The number of nitro groups is 1. The number of hydrogen-bond donors (Lipinski definition) is 1. The summed E-state index contributed by atoms with van der Waals surface area (Å²) in [6, 6.07) is 1.04. The van der Waals surface area contributed by atoms with Gasteiger partial charge in [-0.15, -0.1) is 0 Å². The number of thiophene rings is 1. The molecule has 0 aromatic carbocycles. The second-order valence-electron chi connectivity index (χ2n) is 4.89. The summed E-state index contributed by atoms with van der Waals surface area (Å²) in [5, 5.41) is 13.8. The van der Waals surface area contributed by atoms with Crippen LogP contribution in [0.25, 0.3) is 0 Å². The van der Waals surface area contributed by atoms with Crippen LogP contribution in [0.5, 0.6) is 0 Å². The molecule has 1 atom stereocenters. The van der Waals surface area contributed by atoms with E-state index in [-0.39, 0.29) is 20.9 Å².